The van der Waals surface area contributed by atoms with E-state index in [4.69, 9.17) is 33.9 Å². The molecule has 4 aromatic rings. The second kappa shape index (κ2) is 8.36. The highest BCUT2D eigenvalue weighted by molar-refractivity contribution is 6.35. The minimum absolute atomic E-state index is 0.123. The summed E-state index contributed by atoms with van der Waals surface area (Å²) in [7, 11) is 0. The number of nitrogens with two attached hydrogens (primary N) is 1. The first-order chi connectivity index (χ1) is 14.0. The fourth-order valence-electron chi connectivity index (χ4n) is 3.46. The predicted octanol–water partition coefficient (Wildman–Crippen LogP) is 6.02. The Labute approximate surface area is 180 Å². The summed E-state index contributed by atoms with van der Waals surface area (Å²) in [5.74, 6) is 0.812. The molecule has 6 heteroatoms. The SMILES string of the molecule is CC(Cc1ccc(Cl)cc1Cl)Nc1nc2ccc(N)cc2n1Cc1ccccc1. The molecule has 1 unspecified atom stereocenters. The highest BCUT2D eigenvalue weighted by Gasteiger charge is 2.15. The third-order valence-electron chi connectivity index (χ3n) is 4.87. The predicted molar refractivity (Wildman–Crippen MR) is 123 cm³/mol. The number of rotatable bonds is 6. The van der Waals surface area contributed by atoms with Crippen molar-refractivity contribution in [2.75, 3.05) is 11.1 Å². The van der Waals surface area contributed by atoms with E-state index in [0.717, 1.165) is 34.7 Å². The zero-order chi connectivity index (χ0) is 20.4. The monoisotopic (exact) mass is 424 g/mol. The molecule has 1 heterocycles. The lowest BCUT2D eigenvalue weighted by molar-refractivity contribution is 0.747. The van der Waals surface area contributed by atoms with Gasteiger partial charge in [0.25, 0.3) is 0 Å². The molecular formula is C23H22Cl2N4. The minimum Gasteiger partial charge on any atom is -0.399 e. The number of nitrogens with zero attached hydrogens (tertiary/aromatic N) is 2. The van der Waals surface area contributed by atoms with Crippen molar-refractivity contribution >= 4 is 45.9 Å². The van der Waals surface area contributed by atoms with Crippen LogP contribution in [0.2, 0.25) is 10.0 Å². The van der Waals surface area contributed by atoms with E-state index in [1.807, 2.05) is 48.5 Å². The molecule has 148 valence electrons. The van der Waals surface area contributed by atoms with Gasteiger partial charge in [-0.2, -0.15) is 0 Å². The van der Waals surface area contributed by atoms with E-state index in [1.54, 1.807) is 6.07 Å². The van der Waals surface area contributed by atoms with Crippen molar-refractivity contribution < 1.29 is 0 Å². The van der Waals surface area contributed by atoms with Gasteiger partial charge in [-0.25, -0.2) is 4.98 Å². The quantitative estimate of drug-likeness (QED) is 0.372. The molecule has 0 radical (unpaired) electrons. The highest BCUT2D eigenvalue weighted by atomic mass is 35.5. The molecule has 0 fully saturated rings. The Morgan fingerprint density at radius 1 is 1.03 bits per heavy atom. The zero-order valence-electron chi connectivity index (χ0n) is 16.1. The molecular weight excluding hydrogens is 403 g/mol. The molecule has 3 aromatic carbocycles. The van der Waals surface area contributed by atoms with Crippen LogP contribution in [0.5, 0.6) is 0 Å². The normalized spacial score (nSPS) is 12.2. The Hall–Kier alpha value is -2.69. The van der Waals surface area contributed by atoms with Crippen molar-refractivity contribution in [2.24, 2.45) is 0 Å². The number of nitrogens with one attached hydrogen (secondary N) is 1. The molecule has 0 aliphatic carbocycles. The lowest BCUT2D eigenvalue weighted by Gasteiger charge is -2.17. The molecule has 4 nitrogen and oxygen atoms in total. The molecule has 0 amide bonds. The van der Waals surface area contributed by atoms with Crippen LogP contribution in [-0.4, -0.2) is 15.6 Å². The molecule has 29 heavy (non-hydrogen) atoms. The van der Waals surface area contributed by atoms with Gasteiger partial charge in [0.1, 0.15) is 0 Å². The van der Waals surface area contributed by atoms with Gasteiger partial charge < -0.3 is 15.6 Å². The summed E-state index contributed by atoms with van der Waals surface area (Å²) in [6.45, 7) is 2.82. The van der Waals surface area contributed by atoms with Crippen LogP contribution < -0.4 is 11.1 Å². The highest BCUT2D eigenvalue weighted by Crippen LogP contribution is 2.26. The van der Waals surface area contributed by atoms with Gasteiger partial charge in [0, 0.05) is 21.8 Å². The lowest BCUT2D eigenvalue weighted by Crippen LogP contribution is -2.21. The second-order valence-electron chi connectivity index (χ2n) is 7.24. The first-order valence-electron chi connectivity index (χ1n) is 9.50. The van der Waals surface area contributed by atoms with E-state index in [0.29, 0.717) is 16.6 Å². The van der Waals surface area contributed by atoms with E-state index < -0.39 is 0 Å². The van der Waals surface area contributed by atoms with E-state index in [1.165, 1.54) is 5.56 Å². The van der Waals surface area contributed by atoms with Crippen molar-refractivity contribution in [1.29, 1.82) is 0 Å². The summed E-state index contributed by atoms with van der Waals surface area (Å²) in [4.78, 5) is 4.81. The number of fused-ring (bicyclic) bond motifs is 1. The Morgan fingerprint density at radius 2 is 1.83 bits per heavy atom. The van der Waals surface area contributed by atoms with Gasteiger partial charge in [-0.15, -0.1) is 0 Å². The van der Waals surface area contributed by atoms with Gasteiger partial charge in [0.05, 0.1) is 17.6 Å². The number of aromatic nitrogens is 2. The summed E-state index contributed by atoms with van der Waals surface area (Å²) < 4.78 is 2.17. The maximum absolute atomic E-state index is 6.35. The van der Waals surface area contributed by atoms with Gasteiger partial charge in [0.15, 0.2) is 0 Å². The van der Waals surface area contributed by atoms with Crippen LogP contribution in [0, 0.1) is 0 Å². The van der Waals surface area contributed by atoms with Gasteiger partial charge in [-0.3, -0.25) is 0 Å². The Balaban J connectivity index is 1.64. The van der Waals surface area contributed by atoms with Crippen LogP contribution in [0.4, 0.5) is 11.6 Å². The third kappa shape index (κ3) is 4.50. The summed E-state index contributed by atoms with van der Waals surface area (Å²) >= 11 is 12.4. The number of hydrogen-bond acceptors (Lipinski definition) is 3. The number of nitrogen functional groups attached to an aromatic ring is 1. The van der Waals surface area contributed by atoms with Crippen molar-refractivity contribution in [3.8, 4) is 0 Å². The van der Waals surface area contributed by atoms with Crippen LogP contribution >= 0.6 is 23.2 Å². The standard InChI is InChI=1S/C23H22Cl2N4/c1-15(11-17-7-8-18(24)12-20(17)25)27-23-28-21-10-9-19(26)13-22(21)29(23)14-16-5-3-2-4-6-16/h2-10,12-13,15H,11,14,26H2,1H3,(H,27,28). The van der Waals surface area contributed by atoms with E-state index in [-0.39, 0.29) is 6.04 Å². The number of benzene rings is 3. The maximum Gasteiger partial charge on any atom is 0.204 e. The van der Waals surface area contributed by atoms with Crippen LogP contribution in [0.3, 0.4) is 0 Å². The Kier molecular flexibility index (Phi) is 5.65. The van der Waals surface area contributed by atoms with Gasteiger partial charge in [-0.05, 0) is 54.8 Å². The topological polar surface area (TPSA) is 55.9 Å². The average molecular weight is 425 g/mol. The van der Waals surface area contributed by atoms with Crippen molar-refractivity contribution in [1.82, 2.24) is 9.55 Å². The van der Waals surface area contributed by atoms with Crippen molar-refractivity contribution in [3.05, 3.63) is 87.9 Å². The molecule has 1 aromatic heterocycles. The van der Waals surface area contributed by atoms with Crippen LogP contribution in [0.15, 0.2) is 66.7 Å². The number of imidazole rings is 1. The summed E-state index contributed by atoms with van der Waals surface area (Å²) in [6.07, 6.45) is 0.757. The van der Waals surface area contributed by atoms with Crippen LogP contribution in [-0.2, 0) is 13.0 Å². The lowest BCUT2D eigenvalue weighted by atomic mass is 10.1. The molecule has 4 rings (SSSR count). The fraction of sp³-hybridized carbons (Fsp3) is 0.174. The molecule has 3 N–H and O–H groups in total. The largest absolute Gasteiger partial charge is 0.399 e. The molecule has 1 atom stereocenters. The average Bonchev–Trinajstić information content (AvgIpc) is 3.01. The van der Waals surface area contributed by atoms with Crippen molar-refractivity contribution in [2.45, 2.75) is 25.9 Å². The number of anilines is 2. The van der Waals surface area contributed by atoms with E-state index in [9.17, 15) is 0 Å². The van der Waals surface area contributed by atoms with Crippen molar-refractivity contribution in [3.63, 3.8) is 0 Å². The smallest absolute Gasteiger partial charge is 0.204 e. The Morgan fingerprint density at radius 3 is 2.59 bits per heavy atom. The second-order valence-corrected chi connectivity index (χ2v) is 8.08. The number of hydrogen-bond donors (Lipinski definition) is 2. The molecule has 0 aliphatic rings. The minimum atomic E-state index is 0.123. The molecule has 0 saturated carbocycles. The van der Waals surface area contributed by atoms with Gasteiger partial charge >= 0.3 is 0 Å². The fourth-order valence-corrected chi connectivity index (χ4v) is 3.95. The molecule has 0 saturated heterocycles. The van der Waals surface area contributed by atoms with Gasteiger partial charge in [0.2, 0.25) is 5.95 Å². The zero-order valence-corrected chi connectivity index (χ0v) is 17.6. The molecule has 0 aliphatic heterocycles. The van der Waals surface area contributed by atoms with E-state index >= 15 is 0 Å². The summed E-state index contributed by atoms with van der Waals surface area (Å²) in [5, 5.41) is 4.87. The first kappa shape index (κ1) is 19.6. The van der Waals surface area contributed by atoms with Gasteiger partial charge in [-0.1, -0.05) is 59.6 Å². The number of halogens is 2. The first-order valence-corrected chi connectivity index (χ1v) is 10.3. The maximum atomic E-state index is 6.35. The van der Waals surface area contributed by atoms with Crippen LogP contribution in [0.1, 0.15) is 18.1 Å². The third-order valence-corrected chi connectivity index (χ3v) is 5.46. The summed E-state index contributed by atoms with van der Waals surface area (Å²) in [5.41, 5.74) is 10.9. The Bertz CT molecular complexity index is 1140. The van der Waals surface area contributed by atoms with Crippen LogP contribution in [0.25, 0.3) is 11.0 Å². The molecule has 0 spiro atoms. The molecule has 0 bridgehead atoms. The van der Waals surface area contributed by atoms with E-state index in [2.05, 4.69) is 28.9 Å². The summed E-state index contributed by atoms with van der Waals surface area (Å²) in [6, 6.07) is 21.9.